The summed E-state index contributed by atoms with van der Waals surface area (Å²) in [6, 6.07) is 4.83. The number of aromatic nitrogens is 2. The second-order valence-electron chi connectivity index (χ2n) is 8.71. The number of benzene rings is 1. The van der Waals surface area contributed by atoms with Gasteiger partial charge in [0.2, 0.25) is 0 Å². The van der Waals surface area contributed by atoms with E-state index in [0.29, 0.717) is 24.3 Å². The minimum atomic E-state index is -0.687. The molecule has 1 amide bonds. The van der Waals surface area contributed by atoms with Crippen molar-refractivity contribution in [1.29, 1.82) is 0 Å². The molecular formula is C23H33FN4O4. The van der Waals surface area contributed by atoms with Crippen molar-refractivity contribution in [2.45, 2.75) is 58.5 Å². The van der Waals surface area contributed by atoms with Gasteiger partial charge in [0.25, 0.3) is 5.91 Å². The van der Waals surface area contributed by atoms with E-state index in [9.17, 15) is 14.3 Å². The van der Waals surface area contributed by atoms with Gasteiger partial charge in [0.1, 0.15) is 11.6 Å². The molecule has 1 saturated heterocycles. The van der Waals surface area contributed by atoms with Gasteiger partial charge in [0.15, 0.2) is 5.82 Å². The van der Waals surface area contributed by atoms with Gasteiger partial charge in [-0.3, -0.25) is 4.79 Å². The lowest BCUT2D eigenvalue weighted by atomic mass is 9.92. The fraction of sp³-hybridized carbons (Fsp3) is 0.609. The molecule has 0 bridgehead atoms. The van der Waals surface area contributed by atoms with Gasteiger partial charge in [-0.1, -0.05) is 19.0 Å². The number of rotatable bonds is 10. The van der Waals surface area contributed by atoms with Crippen LogP contribution in [0.2, 0.25) is 0 Å². The standard InChI is InChI=1S/C23H33FN4O4/c1-15(2)21-26-23(32-27-21)28-10-8-17(9-11-28)5-4-12-31-18-6-7-19(20(24)13-18)22(30)25-14-16(3)29/h6-7,13,15-17,29H,4-5,8-12,14H2,1-3H3,(H,25,30). The molecular weight excluding hydrogens is 415 g/mol. The summed E-state index contributed by atoms with van der Waals surface area (Å²) < 4.78 is 25.3. The molecule has 32 heavy (non-hydrogen) atoms. The molecule has 0 radical (unpaired) electrons. The average Bonchev–Trinajstić information content (AvgIpc) is 3.26. The summed E-state index contributed by atoms with van der Waals surface area (Å²) in [5.74, 6) is 0.814. The smallest absolute Gasteiger partial charge is 0.324 e. The Balaban J connectivity index is 1.36. The first-order chi connectivity index (χ1) is 15.3. The van der Waals surface area contributed by atoms with E-state index >= 15 is 0 Å². The van der Waals surface area contributed by atoms with E-state index in [1.807, 2.05) is 13.8 Å². The van der Waals surface area contributed by atoms with Gasteiger partial charge in [-0.05, 0) is 50.7 Å². The maximum absolute atomic E-state index is 14.2. The molecule has 9 heteroatoms. The van der Waals surface area contributed by atoms with Crippen molar-refractivity contribution in [1.82, 2.24) is 15.5 Å². The van der Waals surface area contributed by atoms with Crippen molar-refractivity contribution < 1.29 is 23.6 Å². The third kappa shape index (κ3) is 6.66. The number of aliphatic hydroxyl groups excluding tert-OH is 1. The molecule has 3 rings (SSSR count). The Labute approximate surface area is 188 Å². The van der Waals surface area contributed by atoms with Gasteiger partial charge in [0, 0.05) is 31.6 Å². The molecule has 1 fully saturated rings. The Morgan fingerprint density at radius 2 is 2.09 bits per heavy atom. The third-order valence-electron chi connectivity index (χ3n) is 5.60. The number of anilines is 1. The van der Waals surface area contributed by atoms with Crippen LogP contribution in [0.5, 0.6) is 5.75 Å². The van der Waals surface area contributed by atoms with E-state index in [0.717, 1.165) is 44.6 Å². The number of hydrogen-bond donors (Lipinski definition) is 2. The zero-order valence-corrected chi connectivity index (χ0v) is 19.0. The number of ether oxygens (including phenoxy) is 1. The molecule has 1 unspecified atom stereocenters. The Hall–Kier alpha value is -2.68. The monoisotopic (exact) mass is 448 g/mol. The fourth-order valence-corrected chi connectivity index (χ4v) is 3.67. The molecule has 0 aliphatic carbocycles. The number of aliphatic hydroxyl groups is 1. The predicted molar refractivity (Wildman–Crippen MR) is 118 cm³/mol. The van der Waals surface area contributed by atoms with E-state index in [4.69, 9.17) is 9.26 Å². The molecule has 1 aliphatic heterocycles. The van der Waals surface area contributed by atoms with Crippen molar-refractivity contribution in [3.8, 4) is 5.75 Å². The zero-order valence-electron chi connectivity index (χ0n) is 19.0. The van der Waals surface area contributed by atoms with Crippen LogP contribution in [0.25, 0.3) is 0 Å². The first-order valence-corrected chi connectivity index (χ1v) is 11.3. The maximum Gasteiger partial charge on any atom is 0.324 e. The number of carbonyl (C=O) groups is 1. The minimum absolute atomic E-state index is 0.0634. The summed E-state index contributed by atoms with van der Waals surface area (Å²) in [5, 5.41) is 15.7. The van der Waals surface area contributed by atoms with Crippen LogP contribution in [0.1, 0.15) is 68.6 Å². The molecule has 2 N–H and O–H groups in total. The summed E-state index contributed by atoms with van der Waals surface area (Å²) in [6.45, 7) is 8.00. The highest BCUT2D eigenvalue weighted by atomic mass is 19.1. The van der Waals surface area contributed by atoms with E-state index < -0.39 is 17.8 Å². The van der Waals surface area contributed by atoms with Crippen molar-refractivity contribution in [3.05, 3.63) is 35.4 Å². The molecule has 176 valence electrons. The minimum Gasteiger partial charge on any atom is -0.493 e. The molecule has 8 nitrogen and oxygen atoms in total. The summed E-state index contributed by atoms with van der Waals surface area (Å²) in [4.78, 5) is 18.6. The summed E-state index contributed by atoms with van der Waals surface area (Å²) >= 11 is 0. The molecule has 2 heterocycles. The SMILES string of the molecule is CC(O)CNC(=O)c1ccc(OCCCC2CCN(c3nc(C(C)C)no3)CC2)cc1F. The highest BCUT2D eigenvalue weighted by Crippen LogP contribution is 2.26. The first kappa shape index (κ1) is 24.0. The highest BCUT2D eigenvalue weighted by molar-refractivity contribution is 5.94. The molecule has 1 aliphatic rings. The summed E-state index contributed by atoms with van der Waals surface area (Å²) in [5.41, 5.74) is -0.0634. The average molecular weight is 449 g/mol. The molecule has 1 aromatic carbocycles. The Bertz CT molecular complexity index is 879. The molecule has 0 spiro atoms. The quantitative estimate of drug-likeness (QED) is 0.536. The van der Waals surface area contributed by atoms with Crippen LogP contribution in [0, 0.1) is 11.7 Å². The number of nitrogens with one attached hydrogen (secondary N) is 1. The Morgan fingerprint density at radius 1 is 1.34 bits per heavy atom. The lowest BCUT2D eigenvalue weighted by Crippen LogP contribution is -2.34. The van der Waals surface area contributed by atoms with Gasteiger partial charge in [-0.2, -0.15) is 4.98 Å². The number of hydrogen-bond acceptors (Lipinski definition) is 7. The number of nitrogens with zero attached hydrogens (tertiary/aromatic N) is 3. The van der Waals surface area contributed by atoms with Crippen LogP contribution < -0.4 is 15.0 Å². The van der Waals surface area contributed by atoms with E-state index in [-0.39, 0.29) is 18.0 Å². The second kappa shape index (κ2) is 11.3. The fourth-order valence-electron chi connectivity index (χ4n) is 3.67. The largest absolute Gasteiger partial charge is 0.493 e. The van der Waals surface area contributed by atoms with Crippen molar-refractivity contribution in [3.63, 3.8) is 0 Å². The Kier molecular flexibility index (Phi) is 8.44. The van der Waals surface area contributed by atoms with E-state index in [1.54, 1.807) is 13.0 Å². The van der Waals surface area contributed by atoms with E-state index in [1.165, 1.54) is 12.1 Å². The molecule has 2 aromatic rings. The lowest BCUT2D eigenvalue weighted by Gasteiger charge is -2.30. The summed E-state index contributed by atoms with van der Waals surface area (Å²) in [7, 11) is 0. The highest BCUT2D eigenvalue weighted by Gasteiger charge is 2.23. The van der Waals surface area contributed by atoms with Gasteiger partial charge in [0.05, 0.1) is 18.3 Å². The van der Waals surface area contributed by atoms with Crippen molar-refractivity contribution >= 4 is 11.9 Å². The predicted octanol–water partition coefficient (Wildman–Crippen LogP) is 3.52. The maximum atomic E-state index is 14.2. The molecule has 1 atom stereocenters. The van der Waals surface area contributed by atoms with Crippen molar-refractivity contribution in [2.24, 2.45) is 5.92 Å². The van der Waals surface area contributed by atoms with Crippen LogP contribution in [0.15, 0.2) is 22.7 Å². The second-order valence-corrected chi connectivity index (χ2v) is 8.71. The topological polar surface area (TPSA) is 101 Å². The third-order valence-corrected chi connectivity index (χ3v) is 5.60. The first-order valence-electron chi connectivity index (χ1n) is 11.3. The number of piperidine rings is 1. The van der Waals surface area contributed by atoms with Gasteiger partial charge >= 0.3 is 6.01 Å². The van der Waals surface area contributed by atoms with Crippen LogP contribution in [-0.2, 0) is 0 Å². The number of carbonyl (C=O) groups excluding carboxylic acids is 1. The molecule has 1 aromatic heterocycles. The lowest BCUT2D eigenvalue weighted by molar-refractivity contribution is 0.0920. The van der Waals surface area contributed by atoms with Crippen molar-refractivity contribution in [2.75, 3.05) is 31.1 Å². The normalized spacial score (nSPS) is 15.8. The van der Waals surface area contributed by atoms with Gasteiger partial charge < -0.3 is 24.6 Å². The van der Waals surface area contributed by atoms with Crippen LogP contribution in [-0.4, -0.2) is 53.5 Å². The van der Waals surface area contributed by atoms with Crippen LogP contribution in [0.3, 0.4) is 0 Å². The van der Waals surface area contributed by atoms with Crippen LogP contribution >= 0.6 is 0 Å². The van der Waals surface area contributed by atoms with Crippen LogP contribution in [0.4, 0.5) is 10.4 Å². The number of halogens is 1. The zero-order chi connectivity index (χ0) is 23.1. The molecule has 0 saturated carbocycles. The summed E-state index contributed by atoms with van der Waals surface area (Å²) in [6.07, 6.45) is 3.35. The Morgan fingerprint density at radius 3 is 2.72 bits per heavy atom. The van der Waals surface area contributed by atoms with Gasteiger partial charge in [-0.15, -0.1) is 0 Å². The number of amides is 1. The van der Waals surface area contributed by atoms with Gasteiger partial charge in [-0.25, -0.2) is 4.39 Å². The van der Waals surface area contributed by atoms with E-state index in [2.05, 4.69) is 20.4 Å².